The van der Waals surface area contributed by atoms with Gasteiger partial charge in [0.2, 0.25) is 11.8 Å². The minimum absolute atomic E-state index is 0.0609. The molecule has 0 aliphatic carbocycles. The maximum Gasteiger partial charge on any atom is 0.236 e. The van der Waals surface area contributed by atoms with E-state index in [-0.39, 0.29) is 11.8 Å². The standard InChI is InChI=1S/C23H18N2O3/c1-25-18-11-10-15(12-14(18)13-21(25)26)24-23(27)22-16-6-2-4-8-19(16)28-20-9-5-3-7-17(20)22/h2-12,22H,13H2,1H3,(H,24,27). The van der Waals surface area contributed by atoms with Crippen molar-refractivity contribution < 1.29 is 14.3 Å². The van der Waals surface area contributed by atoms with Crippen molar-refractivity contribution in [3.05, 3.63) is 83.4 Å². The number of ether oxygens (including phenoxy) is 1. The first-order valence-corrected chi connectivity index (χ1v) is 9.18. The zero-order valence-electron chi connectivity index (χ0n) is 15.3. The van der Waals surface area contributed by atoms with Crippen molar-refractivity contribution in [3.63, 3.8) is 0 Å². The van der Waals surface area contributed by atoms with Crippen molar-refractivity contribution >= 4 is 23.2 Å². The predicted octanol–water partition coefficient (Wildman–Crippen LogP) is 4.08. The summed E-state index contributed by atoms with van der Waals surface area (Å²) in [4.78, 5) is 26.8. The average molecular weight is 370 g/mol. The molecule has 0 saturated heterocycles. The number of carbonyl (C=O) groups excluding carboxylic acids is 2. The van der Waals surface area contributed by atoms with Gasteiger partial charge in [0.25, 0.3) is 0 Å². The molecule has 0 bridgehead atoms. The quantitative estimate of drug-likeness (QED) is 0.739. The number of benzene rings is 3. The Hall–Kier alpha value is -3.60. The number of anilines is 2. The van der Waals surface area contributed by atoms with Gasteiger partial charge in [0, 0.05) is 29.5 Å². The molecule has 1 N–H and O–H groups in total. The molecular weight excluding hydrogens is 352 g/mol. The molecule has 2 aliphatic heterocycles. The van der Waals surface area contributed by atoms with E-state index < -0.39 is 5.92 Å². The van der Waals surface area contributed by atoms with Gasteiger partial charge < -0.3 is 15.0 Å². The van der Waals surface area contributed by atoms with Gasteiger partial charge in [-0.2, -0.15) is 0 Å². The van der Waals surface area contributed by atoms with E-state index in [1.54, 1.807) is 11.9 Å². The first-order valence-electron chi connectivity index (χ1n) is 9.18. The summed E-state index contributed by atoms with van der Waals surface area (Å²) in [6, 6.07) is 20.8. The average Bonchev–Trinajstić information content (AvgIpc) is 2.99. The third kappa shape index (κ3) is 2.55. The number of carbonyl (C=O) groups is 2. The lowest BCUT2D eigenvalue weighted by molar-refractivity contribution is -0.117. The maximum absolute atomic E-state index is 13.3. The number of amides is 2. The van der Waals surface area contributed by atoms with E-state index in [1.165, 1.54) is 0 Å². The number of para-hydroxylation sites is 2. The van der Waals surface area contributed by atoms with Crippen molar-refractivity contribution in [3.8, 4) is 11.5 Å². The van der Waals surface area contributed by atoms with E-state index in [0.29, 0.717) is 23.6 Å². The number of nitrogens with one attached hydrogen (secondary N) is 1. The van der Waals surface area contributed by atoms with Gasteiger partial charge in [0.05, 0.1) is 12.3 Å². The molecule has 0 saturated carbocycles. The Kier molecular flexibility index (Phi) is 3.69. The number of rotatable bonds is 2. The summed E-state index contributed by atoms with van der Waals surface area (Å²) in [5, 5.41) is 3.03. The van der Waals surface area contributed by atoms with Crippen molar-refractivity contribution in [2.24, 2.45) is 0 Å². The van der Waals surface area contributed by atoms with Gasteiger partial charge in [-0.25, -0.2) is 0 Å². The Bertz CT molecular complexity index is 1080. The Morgan fingerprint density at radius 2 is 1.64 bits per heavy atom. The van der Waals surface area contributed by atoms with Crippen molar-refractivity contribution in [1.29, 1.82) is 0 Å². The summed E-state index contributed by atoms with van der Waals surface area (Å²) in [5.74, 6) is 0.871. The molecule has 5 nitrogen and oxygen atoms in total. The molecule has 138 valence electrons. The summed E-state index contributed by atoms with van der Waals surface area (Å²) in [6.07, 6.45) is 0.360. The molecule has 5 rings (SSSR count). The van der Waals surface area contributed by atoms with Gasteiger partial charge in [-0.1, -0.05) is 36.4 Å². The first-order chi connectivity index (χ1) is 13.6. The molecule has 3 aromatic rings. The topological polar surface area (TPSA) is 58.6 Å². The molecule has 0 spiro atoms. The Morgan fingerprint density at radius 3 is 2.32 bits per heavy atom. The largest absolute Gasteiger partial charge is 0.457 e. The highest BCUT2D eigenvalue weighted by atomic mass is 16.5. The third-order valence-corrected chi connectivity index (χ3v) is 5.37. The third-order valence-electron chi connectivity index (χ3n) is 5.37. The van der Waals surface area contributed by atoms with Crippen LogP contribution in [-0.4, -0.2) is 18.9 Å². The van der Waals surface area contributed by atoms with Crippen LogP contribution in [-0.2, 0) is 16.0 Å². The van der Waals surface area contributed by atoms with Gasteiger partial charge in [-0.15, -0.1) is 0 Å². The Labute approximate surface area is 162 Å². The van der Waals surface area contributed by atoms with Gasteiger partial charge in [-0.05, 0) is 35.9 Å². The van der Waals surface area contributed by atoms with Crippen molar-refractivity contribution in [2.45, 2.75) is 12.3 Å². The summed E-state index contributed by atoms with van der Waals surface area (Å²) >= 11 is 0. The Balaban J connectivity index is 1.50. The second-order valence-electron chi connectivity index (χ2n) is 7.07. The zero-order valence-corrected chi connectivity index (χ0v) is 15.3. The van der Waals surface area contributed by atoms with E-state index in [0.717, 1.165) is 22.4 Å². The van der Waals surface area contributed by atoms with E-state index in [4.69, 9.17) is 4.74 Å². The van der Waals surface area contributed by atoms with Crippen LogP contribution in [0.25, 0.3) is 0 Å². The van der Waals surface area contributed by atoms with E-state index >= 15 is 0 Å². The molecule has 3 aromatic carbocycles. The van der Waals surface area contributed by atoms with Crippen LogP contribution < -0.4 is 15.0 Å². The minimum atomic E-state index is -0.460. The van der Waals surface area contributed by atoms with Crippen molar-refractivity contribution in [1.82, 2.24) is 0 Å². The molecule has 0 atom stereocenters. The zero-order chi connectivity index (χ0) is 19.3. The van der Waals surface area contributed by atoms with Gasteiger partial charge in [-0.3, -0.25) is 9.59 Å². The molecule has 2 heterocycles. The fourth-order valence-electron chi connectivity index (χ4n) is 3.95. The number of fused-ring (bicyclic) bond motifs is 3. The van der Waals surface area contributed by atoms with Crippen LogP contribution >= 0.6 is 0 Å². The molecule has 5 heteroatoms. The monoisotopic (exact) mass is 370 g/mol. The molecule has 0 fully saturated rings. The highest BCUT2D eigenvalue weighted by Gasteiger charge is 2.32. The van der Waals surface area contributed by atoms with Crippen LogP contribution in [0.3, 0.4) is 0 Å². The fraction of sp³-hybridized carbons (Fsp3) is 0.130. The maximum atomic E-state index is 13.3. The highest BCUT2D eigenvalue weighted by Crippen LogP contribution is 2.44. The first kappa shape index (κ1) is 16.6. The summed E-state index contributed by atoms with van der Waals surface area (Å²) in [7, 11) is 1.77. The molecular formula is C23H18N2O3. The van der Waals surface area contributed by atoms with Gasteiger partial charge in [0.1, 0.15) is 11.5 Å². The second-order valence-corrected chi connectivity index (χ2v) is 7.07. The molecule has 28 heavy (non-hydrogen) atoms. The molecule has 0 radical (unpaired) electrons. The lowest BCUT2D eigenvalue weighted by Crippen LogP contribution is -2.25. The normalized spacial score (nSPS) is 14.8. The summed E-state index contributed by atoms with van der Waals surface area (Å²) in [6.45, 7) is 0. The van der Waals surface area contributed by atoms with Crippen LogP contribution in [0.15, 0.2) is 66.7 Å². The Morgan fingerprint density at radius 1 is 1.00 bits per heavy atom. The minimum Gasteiger partial charge on any atom is -0.457 e. The number of likely N-dealkylation sites (N-methyl/N-ethyl adjacent to an activating group) is 1. The molecule has 2 amide bonds. The summed E-state index contributed by atoms with van der Waals surface area (Å²) in [5.41, 5.74) is 4.20. The van der Waals surface area contributed by atoms with Gasteiger partial charge in [0.15, 0.2) is 0 Å². The predicted molar refractivity (Wildman–Crippen MR) is 107 cm³/mol. The lowest BCUT2D eigenvalue weighted by atomic mass is 9.87. The molecule has 2 aliphatic rings. The van der Waals surface area contributed by atoms with Crippen LogP contribution in [0.5, 0.6) is 11.5 Å². The SMILES string of the molecule is CN1C(=O)Cc2cc(NC(=O)C3c4ccccc4Oc4ccccc43)ccc21. The number of hydrogen-bond donors (Lipinski definition) is 1. The van der Waals surface area contributed by atoms with E-state index in [2.05, 4.69) is 5.32 Å². The molecule has 0 aromatic heterocycles. The summed E-state index contributed by atoms with van der Waals surface area (Å²) < 4.78 is 5.97. The number of nitrogens with zero attached hydrogens (tertiary/aromatic N) is 1. The van der Waals surface area contributed by atoms with Gasteiger partial charge >= 0.3 is 0 Å². The van der Waals surface area contributed by atoms with Crippen LogP contribution in [0.2, 0.25) is 0 Å². The van der Waals surface area contributed by atoms with E-state index in [1.807, 2.05) is 66.7 Å². The molecule has 0 unspecified atom stereocenters. The van der Waals surface area contributed by atoms with Crippen LogP contribution in [0.4, 0.5) is 11.4 Å². The van der Waals surface area contributed by atoms with E-state index in [9.17, 15) is 9.59 Å². The fourth-order valence-corrected chi connectivity index (χ4v) is 3.95. The smallest absolute Gasteiger partial charge is 0.236 e. The van der Waals surface area contributed by atoms with Crippen LogP contribution in [0, 0.1) is 0 Å². The lowest BCUT2D eigenvalue weighted by Gasteiger charge is -2.27. The highest BCUT2D eigenvalue weighted by molar-refractivity contribution is 6.03. The van der Waals surface area contributed by atoms with Crippen molar-refractivity contribution in [2.75, 3.05) is 17.3 Å². The number of hydrogen-bond acceptors (Lipinski definition) is 3. The second kappa shape index (κ2) is 6.23. The van der Waals surface area contributed by atoms with Crippen LogP contribution in [0.1, 0.15) is 22.6 Å².